The Kier molecular flexibility index (Phi) is 3.69. The molecule has 88 valence electrons. The van der Waals surface area contributed by atoms with Crippen LogP contribution in [0.25, 0.3) is 0 Å². The van der Waals surface area contributed by atoms with Crippen LogP contribution in [-0.4, -0.2) is 41.4 Å². The number of rotatable bonds is 4. The number of carbonyl (C=O) groups is 1. The molecule has 1 saturated heterocycles. The number of ether oxygens (including phenoxy) is 1. The van der Waals surface area contributed by atoms with Crippen molar-refractivity contribution in [2.75, 3.05) is 19.8 Å². The third kappa shape index (κ3) is 2.68. The molecule has 5 heteroatoms. The molecule has 2 rings (SSSR count). The second-order valence-corrected chi connectivity index (χ2v) is 3.99. The first kappa shape index (κ1) is 11.3. The van der Waals surface area contributed by atoms with Crippen LogP contribution in [0.15, 0.2) is 12.3 Å². The monoisotopic (exact) mass is 223 g/mol. The Morgan fingerprint density at radius 3 is 3.25 bits per heavy atom. The summed E-state index contributed by atoms with van der Waals surface area (Å²) < 4.78 is 7.07. The Morgan fingerprint density at radius 1 is 1.75 bits per heavy atom. The van der Waals surface area contributed by atoms with E-state index in [4.69, 9.17) is 4.74 Å². The quantitative estimate of drug-likeness (QED) is 0.775. The number of hydrogen-bond acceptors (Lipinski definition) is 4. The van der Waals surface area contributed by atoms with Gasteiger partial charge in [-0.1, -0.05) is 0 Å². The topological polar surface area (TPSA) is 56.2 Å². The summed E-state index contributed by atoms with van der Waals surface area (Å²) in [5, 5.41) is 7.24. The van der Waals surface area contributed by atoms with Crippen molar-refractivity contribution in [1.29, 1.82) is 0 Å². The Balaban J connectivity index is 1.81. The van der Waals surface area contributed by atoms with E-state index >= 15 is 0 Å². The molecule has 1 aromatic heterocycles. The number of ketones is 1. The lowest BCUT2D eigenvalue weighted by molar-refractivity contribution is -0.123. The number of Topliss-reactive ketones (excluding diaryl/α,β-unsaturated/α-hetero) is 1. The average molecular weight is 223 g/mol. The fourth-order valence-corrected chi connectivity index (χ4v) is 1.84. The highest BCUT2D eigenvalue weighted by Gasteiger charge is 2.20. The summed E-state index contributed by atoms with van der Waals surface area (Å²) in [4.78, 5) is 11.8. The van der Waals surface area contributed by atoms with Crippen LogP contribution >= 0.6 is 0 Å². The van der Waals surface area contributed by atoms with Gasteiger partial charge in [-0.05, 0) is 12.5 Å². The fourth-order valence-electron chi connectivity index (χ4n) is 1.84. The molecule has 0 aliphatic carbocycles. The van der Waals surface area contributed by atoms with Crippen LogP contribution < -0.4 is 5.32 Å². The van der Waals surface area contributed by atoms with Gasteiger partial charge in [0.05, 0.1) is 19.3 Å². The largest absolute Gasteiger partial charge is 0.378 e. The van der Waals surface area contributed by atoms with E-state index in [2.05, 4.69) is 10.4 Å². The molecular weight excluding hydrogens is 206 g/mol. The van der Waals surface area contributed by atoms with E-state index < -0.39 is 0 Å². The number of hydrogen-bond donors (Lipinski definition) is 1. The second-order valence-electron chi connectivity index (χ2n) is 3.99. The Hall–Kier alpha value is -1.20. The zero-order valence-corrected chi connectivity index (χ0v) is 9.48. The highest BCUT2D eigenvalue weighted by molar-refractivity contribution is 5.84. The van der Waals surface area contributed by atoms with Crippen LogP contribution in [0.2, 0.25) is 0 Å². The minimum absolute atomic E-state index is 0.123. The van der Waals surface area contributed by atoms with Crippen molar-refractivity contribution in [2.24, 2.45) is 7.05 Å². The summed E-state index contributed by atoms with van der Waals surface area (Å²) in [6.45, 7) is 1.97. The number of nitrogens with zero attached hydrogens (tertiary/aromatic N) is 2. The zero-order valence-electron chi connectivity index (χ0n) is 9.48. The molecule has 1 aliphatic heterocycles. The van der Waals surface area contributed by atoms with Crippen LogP contribution in [0.1, 0.15) is 12.1 Å². The van der Waals surface area contributed by atoms with Gasteiger partial charge in [-0.25, -0.2) is 0 Å². The minimum atomic E-state index is -0.123. The van der Waals surface area contributed by atoms with Crippen LogP contribution in [0.3, 0.4) is 0 Å². The minimum Gasteiger partial charge on any atom is -0.378 e. The molecule has 0 spiro atoms. The first-order valence-corrected chi connectivity index (χ1v) is 5.58. The molecule has 2 heterocycles. The summed E-state index contributed by atoms with van der Waals surface area (Å²) in [6, 6.07) is 1.82. The highest BCUT2D eigenvalue weighted by atomic mass is 16.5. The zero-order chi connectivity index (χ0) is 11.4. The molecule has 5 nitrogen and oxygen atoms in total. The van der Waals surface area contributed by atoms with Crippen molar-refractivity contribution in [3.8, 4) is 0 Å². The van der Waals surface area contributed by atoms with E-state index in [0.717, 1.165) is 18.7 Å². The van der Waals surface area contributed by atoms with Crippen LogP contribution in [0.4, 0.5) is 0 Å². The maximum absolute atomic E-state index is 11.8. The first-order chi connectivity index (χ1) is 7.77. The van der Waals surface area contributed by atoms with Gasteiger partial charge in [0, 0.05) is 31.9 Å². The molecule has 1 fully saturated rings. The molecule has 1 aromatic rings. The third-order valence-electron chi connectivity index (χ3n) is 2.86. The molecule has 1 N–H and O–H groups in total. The van der Waals surface area contributed by atoms with Crippen LogP contribution in [0.5, 0.6) is 0 Å². The summed E-state index contributed by atoms with van der Waals surface area (Å²) >= 11 is 0. The molecule has 16 heavy (non-hydrogen) atoms. The van der Waals surface area contributed by atoms with Gasteiger partial charge in [0.2, 0.25) is 0 Å². The Bertz CT molecular complexity index is 356. The van der Waals surface area contributed by atoms with Crippen LogP contribution in [0, 0.1) is 0 Å². The van der Waals surface area contributed by atoms with Crippen molar-refractivity contribution in [2.45, 2.75) is 18.9 Å². The van der Waals surface area contributed by atoms with E-state index in [9.17, 15) is 4.79 Å². The molecule has 1 aliphatic rings. The van der Waals surface area contributed by atoms with E-state index in [0.29, 0.717) is 19.6 Å². The number of carbonyl (C=O) groups excluding carboxylic acids is 1. The van der Waals surface area contributed by atoms with Gasteiger partial charge < -0.3 is 10.1 Å². The normalized spacial score (nSPS) is 20.9. The predicted molar refractivity (Wildman–Crippen MR) is 59.1 cm³/mol. The molecule has 0 saturated carbocycles. The molecular formula is C11H17N3O2. The van der Waals surface area contributed by atoms with Gasteiger partial charge in [0.1, 0.15) is 0 Å². The molecule has 0 amide bonds. The van der Waals surface area contributed by atoms with Crippen molar-refractivity contribution in [3.05, 3.63) is 18.0 Å². The average Bonchev–Trinajstić information content (AvgIpc) is 2.73. The number of aromatic nitrogens is 2. The lowest BCUT2D eigenvalue weighted by Gasteiger charge is -2.22. The molecule has 1 atom stereocenters. The van der Waals surface area contributed by atoms with E-state index in [1.165, 1.54) is 0 Å². The maximum atomic E-state index is 11.8. The van der Waals surface area contributed by atoms with Gasteiger partial charge in [-0.2, -0.15) is 5.10 Å². The second kappa shape index (κ2) is 5.23. The van der Waals surface area contributed by atoms with Gasteiger partial charge in [-0.15, -0.1) is 0 Å². The van der Waals surface area contributed by atoms with Crippen molar-refractivity contribution < 1.29 is 9.53 Å². The molecule has 0 aromatic carbocycles. The Labute approximate surface area is 94.8 Å². The van der Waals surface area contributed by atoms with Gasteiger partial charge in [0.25, 0.3) is 0 Å². The number of aryl methyl sites for hydroxylation is 2. The molecule has 1 unspecified atom stereocenters. The van der Waals surface area contributed by atoms with Crippen LogP contribution in [-0.2, 0) is 23.0 Å². The van der Waals surface area contributed by atoms with Gasteiger partial charge >= 0.3 is 0 Å². The highest BCUT2D eigenvalue weighted by Crippen LogP contribution is 2.04. The van der Waals surface area contributed by atoms with E-state index in [1.807, 2.05) is 13.1 Å². The van der Waals surface area contributed by atoms with Gasteiger partial charge in [0.15, 0.2) is 5.78 Å². The predicted octanol–water partition coefficient (Wildman–Crippen LogP) is -0.0898. The van der Waals surface area contributed by atoms with Crippen molar-refractivity contribution >= 4 is 5.78 Å². The van der Waals surface area contributed by atoms with Crippen molar-refractivity contribution in [1.82, 2.24) is 15.1 Å². The third-order valence-corrected chi connectivity index (χ3v) is 2.86. The first-order valence-electron chi connectivity index (χ1n) is 5.58. The molecule has 0 bridgehead atoms. The summed E-state index contributed by atoms with van der Waals surface area (Å²) in [5.41, 5.74) is 1.09. The fraction of sp³-hybridized carbons (Fsp3) is 0.636. The SMILES string of the molecule is Cn1nccc1CCC(=O)C1COCCN1. The smallest absolute Gasteiger partial charge is 0.152 e. The molecule has 0 radical (unpaired) electrons. The van der Waals surface area contributed by atoms with E-state index in [1.54, 1.807) is 10.9 Å². The lowest BCUT2D eigenvalue weighted by Crippen LogP contribution is -2.46. The summed E-state index contributed by atoms with van der Waals surface area (Å²) in [6.07, 6.45) is 3.04. The van der Waals surface area contributed by atoms with Gasteiger partial charge in [-0.3, -0.25) is 9.48 Å². The summed E-state index contributed by atoms with van der Waals surface area (Å²) in [7, 11) is 1.89. The number of nitrogens with one attached hydrogen (secondary N) is 1. The van der Waals surface area contributed by atoms with Crippen molar-refractivity contribution in [3.63, 3.8) is 0 Å². The summed E-state index contributed by atoms with van der Waals surface area (Å²) in [5.74, 6) is 0.223. The maximum Gasteiger partial charge on any atom is 0.152 e. The van der Waals surface area contributed by atoms with E-state index in [-0.39, 0.29) is 11.8 Å². The number of morpholine rings is 1. The Morgan fingerprint density at radius 2 is 2.62 bits per heavy atom. The standard InChI is InChI=1S/C11H17N3O2/c1-14-9(4-5-13-14)2-3-11(15)10-8-16-7-6-12-10/h4-5,10,12H,2-3,6-8H2,1H3. The lowest BCUT2D eigenvalue weighted by atomic mass is 10.1.